The molecule has 2 rings (SSSR count). The molecule has 1 N–H and O–H groups in total. The van der Waals surface area contributed by atoms with Crippen molar-refractivity contribution in [2.45, 2.75) is 40.2 Å². The number of aromatic nitrogens is 3. The fraction of sp³-hybridized carbons (Fsp3) is 0.429. The van der Waals surface area contributed by atoms with E-state index >= 15 is 0 Å². The SMILES string of the molecule is CCC(Nc1nc(C)nc([C-](C)C)n1)c1cccs1.[Y]. The Morgan fingerprint density at radius 3 is 2.60 bits per heavy atom. The summed E-state index contributed by atoms with van der Waals surface area (Å²) < 4.78 is 0. The van der Waals surface area contributed by atoms with Crippen molar-refractivity contribution >= 4 is 17.3 Å². The fourth-order valence-corrected chi connectivity index (χ4v) is 2.65. The Morgan fingerprint density at radius 1 is 1.30 bits per heavy atom. The Balaban J connectivity index is 0.00000200. The zero-order valence-electron chi connectivity index (χ0n) is 12.3. The van der Waals surface area contributed by atoms with Gasteiger partial charge in [-0.2, -0.15) is 18.8 Å². The topological polar surface area (TPSA) is 50.7 Å². The molecule has 1 radical (unpaired) electrons. The largest absolute Gasteiger partial charge is 0.347 e. The quantitative estimate of drug-likeness (QED) is 0.821. The summed E-state index contributed by atoms with van der Waals surface area (Å²) in [7, 11) is 0. The van der Waals surface area contributed by atoms with Crippen LogP contribution in [0.2, 0.25) is 0 Å². The van der Waals surface area contributed by atoms with Crippen molar-refractivity contribution < 1.29 is 32.7 Å². The standard InChI is InChI=1S/C14H19N4S.Y/c1-5-11(12-7-6-8-19-12)17-14-16-10(4)15-13(18-14)9(2)3;/h6-8,11H,5H2,1-4H3,(H,15,16,17,18);/q-1;. The van der Waals surface area contributed by atoms with Gasteiger partial charge in [0.2, 0.25) is 5.95 Å². The van der Waals surface area contributed by atoms with E-state index in [-0.39, 0.29) is 38.8 Å². The van der Waals surface area contributed by atoms with Gasteiger partial charge in [-0.05, 0) is 24.8 Å². The van der Waals surface area contributed by atoms with Crippen molar-refractivity contribution in [2.75, 3.05) is 5.32 Å². The number of aryl methyl sites for hydroxylation is 1. The Labute approximate surface area is 149 Å². The van der Waals surface area contributed by atoms with Gasteiger partial charge in [0.1, 0.15) is 5.82 Å². The Kier molecular flexibility index (Phi) is 7.06. The van der Waals surface area contributed by atoms with Gasteiger partial charge in [0.05, 0.1) is 6.04 Å². The predicted molar refractivity (Wildman–Crippen MR) is 79.2 cm³/mol. The molecule has 6 heteroatoms. The van der Waals surface area contributed by atoms with Crippen LogP contribution in [0.4, 0.5) is 5.95 Å². The zero-order valence-corrected chi connectivity index (χ0v) is 16.0. The van der Waals surface area contributed by atoms with E-state index in [9.17, 15) is 0 Å². The van der Waals surface area contributed by atoms with Crippen molar-refractivity contribution in [2.24, 2.45) is 0 Å². The van der Waals surface area contributed by atoms with E-state index in [1.54, 1.807) is 11.3 Å². The molecular weight excluding hydrogens is 345 g/mol. The maximum atomic E-state index is 4.46. The Hall–Kier alpha value is -0.516. The van der Waals surface area contributed by atoms with E-state index < -0.39 is 0 Å². The number of hydrogen-bond donors (Lipinski definition) is 1. The summed E-state index contributed by atoms with van der Waals surface area (Å²) in [6.07, 6.45) is 0.995. The normalized spacial score (nSPS) is 11.6. The predicted octanol–water partition coefficient (Wildman–Crippen LogP) is 3.76. The number of thiophene rings is 1. The molecule has 0 aliphatic rings. The average Bonchev–Trinajstić information content (AvgIpc) is 2.89. The van der Waals surface area contributed by atoms with Crippen molar-refractivity contribution in [1.82, 2.24) is 15.0 Å². The third kappa shape index (κ3) is 4.50. The monoisotopic (exact) mass is 364 g/mol. The number of nitrogens with one attached hydrogen (secondary N) is 1. The summed E-state index contributed by atoms with van der Waals surface area (Å²) in [4.78, 5) is 14.5. The van der Waals surface area contributed by atoms with Crippen LogP contribution >= 0.6 is 11.3 Å². The zero-order chi connectivity index (χ0) is 13.8. The van der Waals surface area contributed by atoms with Crippen LogP contribution in [0.25, 0.3) is 0 Å². The molecule has 20 heavy (non-hydrogen) atoms. The number of hydrogen-bond acceptors (Lipinski definition) is 5. The third-order valence-electron chi connectivity index (χ3n) is 2.79. The van der Waals surface area contributed by atoms with Crippen molar-refractivity contribution in [3.8, 4) is 0 Å². The second kappa shape index (κ2) is 8.06. The molecule has 0 aliphatic heterocycles. The summed E-state index contributed by atoms with van der Waals surface area (Å²) in [5.41, 5.74) is 0. The van der Waals surface area contributed by atoms with E-state index in [1.807, 2.05) is 20.8 Å². The van der Waals surface area contributed by atoms with Gasteiger partial charge in [-0.3, -0.25) is 4.98 Å². The summed E-state index contributed by atoms with van der Waals surface area (Å²) in [5, 5.41) is 5.49. The number of anilines is 1. The van der Waals surface area contributed by atoms with E-state index in [1.165, 1.54) is 4.88 Å². The molecule has 0 saturated carbocycles. The van der Waals surface area contributed by atoms with Crippen LogP contribution in [0.3, 0.4) is 0 Å². The summed E-state index contributed by atoms with van der Waals surface area (Å²) in [6, 6.07) is 4.46. The van der Waals surface area contributed by atoms with E-state index in [4.69, 9.17) is 0 Å². The van der Waals surface area contributed by atoms with Crippen LogP contribution in [0, 0.1) is 12.8 Å². The third-order valence-corrected chi connectivity index (χ3v) is 3.78. The first-order valence-corrected chi connectivity index (χ1v) is 7.31. The van der Waals surface area contributed by atoms with Crippen molar-refractivity contribution in [3.05, 3.63) is 40.0 Å². The molecule has 2 heterocycles. The molecule has 1 unspecified atom stereocenters. The van der Waals surface area contributed by atoms with Crippen molar-refractivity contribution in [3.63, 3.8) is 0 Å². The van der Waals surface area contributed by atoms with Crippen LogP contribution in [0.5, 0.6) is 0 Å². The summed E-state index contributed by atoms with van der Waals surface area (Å²) in [6.45, 7) is 8.07. The minimum atomic E-state index is 0. The van der Waals surface area contributed by atoms with E-state index in [2.05, 4.69) is 44.7 Å². The molecular formula is C14H19N4SY-. The first kappa shape index (κ1) is 17.5. The first-order valence-electron chi connectivity index (χ1n) is 6.43. The second-order valence-electron chi connectivity index (χ2n) is 4.65. The fourth-order valence-electron chi connectivity index (χ4n) is 1.79. The molecule has 105 valence electrons. The van der Waals surface area contributed by atoms with Gasteiger partial charge in [0, 0.05) is 43.4 Å². The van der Waals surface area contributed by atoms with Crippen LogP contribution in [-0.2, 0) is 32.7 Å². The minimum Gasteiger partial charge on any atom is -0.347 e. The summed E-state index contributed by atoms with van der Waals surface area (Å²) >= 11 is 1.75. The Bertz CT molecular complexity index is 528. The van der Waals surface area contributed by atoms with Crippen LogP contribution in [-0.4, -0.2) is 15.0 Å². The minimum absolute atomic E-state index is 0. The van der Waals surface area contributed by atoms with Gasteiger partial charge in [-0.1, -0.05) is 13.0 Å². The smallest absolute Gasteiger partial charge is 0.224 e. The van der Waals surface area contributed by atoms with Crippen LogP contribution in [0.1, 0.15) is 49.8 Å². The molecule has 1 atom stereocenters. The molecule has 2 aromatic rings. The molecule has 2 aromatic heterocycles. The summed E-state index contributed by atoms with van der Waals surface area (Å²) in [5.74, 6) is 3.26. The second-order valence-corrected chi connectivity index (χ2v) is 5.63. The van der Waals surface area contributed by atoms with Gasteiger partial charge in [0.15, 0.2) is 0 Å². The maximum Gasteiger partial charge on any atom is 0.224 e. The Morgan fingerprint density at radius 2 is 2.05 bits per heavy atom. The number of rotatable bonds is 5. The maximum absolute atomic E-state index is 4.46. The molecule has 0 bridgehead atoms. The average molecular weight is 364 g/mol. The molecule has 0 spiro atoms. The molecule has 0 aromatic carbocycles. The van der Waals surface area contributed by atoms with Gasteiger partial charge < -0.3 is 11.2 Å². The molecule has 0 saturated heterocycles. The van der Waals surface area contributed by atoms with Gasteiger partial charge in [-0.15, -0.1) is 11.3 Å². The van der Waals surface area contributed by atoms with Gasteiger partial charge >= 0.3 is 0 Å². The molecule has 0 fully saturated rings. The molecule has 4 nitrogen and oxygen atoms in total. The van der Waals surface area contributed by atoms with Crippen molar-refractivity contribution in [1.29, 1.82) is 0 Å². The molecule has 0 aliphatic carbocycles. The van der Waals surface area contributed by atoms with E-state index in [0.29, 0.717) is 5.95 Å². The van der Waals surface area contributed by atoms with Crippen LogP contribution in [0.15, 0.2) is 17.5 Å². The van der Waals surface area contributed by atoms with E-state index in [0.717, 1.165) is 24.0 Å². The number of nitrogens with zero attached hydrogens (tertiary/aromatic N) is 3. The van der Waals surface area contributed by atoms with Gasteiger partial charge in [-0.25, -0.2) is 4.98 Å². The van der Waals surface area contributed by atoms with Gasteiger partial charge in [0.25, 0.3) is 0 Å². The molecule has 0 amide bonds. The first-order chi connectivity index (χ1) is 9.10. The van der Waals surface area contributed by atoms with Crippen LogP contribution < -0.4 is 5.32 Å².